The van der Waals surface area contributed by atoms with Gasteiger partial charge in [-0.2, -0.15) is 0 Å². The van der Waals surface area contributed by atoms with E-state index in [2.05, 4.69) is 123 Å². The number of imidazole rings is 1. The molecule has 9 aromatic carbocycles. The molecule has 13 rings (SSSR count). The predicted octanol–water partition coefficient (Wildman–Crippen LogP) is 16.3. The molecule has 0 N–H and O–H groups in total. The summed E-state index contributed by atoms with van der Waals surface area (Å²) in [6.45, 7) is 10.7. The highest BCUT2D eigenvalue weighted by atomic mass is 16.5. The summed E-state index contributed by atoms with van der Waals surface area (Å²) in [6, 6.07) is 44.1. The summed E-state index contributed by atoms with van der Waals surface area (Å²) in [7, 11) is 0. The van der Waals surface area contributed by atoms with E-state index in [0.29, 0.717) is 28.2 Å². The van der Waals surface area contributed by atoms with E-state index in [1.807, 2.05) is 71.4 Å². The van der Waals surface area contributed by atoms with Gasteiger partial charge in [-0.3, -0.25) is 13.7 Å². The van der Waals surface area contributed by atoms with E-state index in [1.165, 1.54) is 0 Å². The minimum absolute atomic E-state index is 0.109. The summed E-state index contributed by atoms with van der Waals surface area (Å²) in [4.78, 5) is 4.88. The molecule has 0 fully saturated rings. The second-order valence-electron chi connectivity index (χ2n) is 19.2. The maximum absolute atomic E-state index is 9.26. The first-order chi connectivity index (χ1) is 39.3. The Hall–Kier alpha value is -9.00. The molecule has 0 spiro atoms. The van der Waals surface area contributed by atoms with Crippen molar-refractivity contribution in [3.8, 4) is 56.6 Å². The second kappa shape index (κ2) is 16.9. The molecule has 0 bridgehead atoms. The minimum atomic E-state index is -0.576. The van der Waals surface area contributed by atoms with Crippen molar-refractivity contribution in [3.05, 3.63) is 241 Å². The van der Waals surface area contributed by atoms with Crippen LogP contribution in [0.5, 0.6) is 11.5 Å². The fourth-order valence-corrected chi connectivity index (χ4v) is 10.4. The van der Waals surface area contributed by atoms with Crippen molar-refractivity contribution >= 4 is 54.6 Å². The van der Waals surface area contributed by atoms with Crippen LogP contribution in [0.1, 0.15) is 51.2 Å². The van der Waals surface area contributed by atoms with Gasteiger partial charge in [0.2, 0.25) is 0 Å². The highest BCUT2D eigenvalue weighted by molar-refractivity contribution is 6.12. The smallest absolute Gasteiger partial charge is 0.269 e. The van der Waals surface area contributed by atoms with Crippen LogP contribution in [0.3, 0.4) is 0 Å². The molecule has 0 atom stereocenters. The summed E-state index contributed by atoms with van der Waals surface area (Å²) >= 11 is 0. The van der Waals surface area contributed by atoms with Gasteiger partial charge < -0.3 is 9.30 Å². The van der Waals surface area contributed by atoms with Crippen LogP contribution in [0.15, 0.2) is 218 Å². The molecule has 0 unspecified atom stereocenters. The van der Waals surface area contributed by atoms with Gasteiger partial charge in [0.1, 0.15) is 17.3 Å². The number of nitrogens with zero attached hydrogens (tertiary/aromatic N) is 5. The number of pyridine rings is 1. The lowest BCUT2D eigenvalue weighted by Gasteiger charge is -2.20. The Kier molecular flexibility index (Phi) is 7.85. The van der Waals surface area contributed by atoms with E-state index >= 15 is 0 Å². The van der Waals surface area contributed by atoms with Crippen LogP contribution in [0, 0.1) is 20.2 Å². The number of aryl methyl sites for hydroxylation is 2. The van der Waals surface area contributed by atoms with E-state index in [0.717, 1.165) is 71.8 Å². The largest absolute Gasteiger partial charge is 0.458 e. The van der Waals surface area contributed by atoms with Crippen LogP contribution in [-0.2, 0) is 5.41 Å². The molecule has 0 saturated carbocycles. The number of hydrogen-bond donors (Lipinski definition) is 0. The van der Waals surface area contributed by atoms with Crippen LogP contribution in [0.4, 0.5) is 0 Å². The average Bonchev–Trinajstić information content (AvgIpc) is 4.05. The van der Waals surface area contributed by atoms with Gasteiger partial charge in [-0.1, -0.05) is 166 Å². The molecule has 4 heterocycles. The number of rotatable bonds is 8. The van der Waals surface area contributed by atoms with Crippen molar-refractivity contribution < 1.29 is 23.0 Å². The summed E-state index contributed by atoms with van der Waals surface area (Å²) in [6.07, 6.45) is 5.45. The standard InChI is InChI=1S/C66H51N5O/c1-43-18-14-29-56-57-30-15-19-44(2)64(57)70(63(43)56)49-32-35-59-61(40-49)68(42-69(59)65-52(45-20-8-6-9-21-45)27-17-28-53(65)46-22-10-7-11-23-46)48-24-16-25-50(39-48)72-51-33-34-55-54-26-12-13-31-58(54)71(60(55)41-51)62-38-47(36-37-67-62)66(3,4)5/h6-41H,1-5H3/i6D,7D,8D,9D,10D,11D,20D,21D,22D,23D. The van der Waals surface area contributed by atoms with Crippen molar-refractivity contribution in [2.45, 2.75) is 40.0 Å². The minimum Gasteiger partial charge on any atom is -0.458 e. The maximum Gasteiger partial charge on any atom is 0.269 e. The third-order valence-corrected chi connectivity index (χ3v) is 13.7. The molecule has 0 amide bonds. The first-order valence-electron chi connectivity index (χ1n) is 28.9. The van der Waals surface area contributed by atoms with Crippen LogP contribution in [0.25, 0.3) is 99.8 Å². The van der Waals surface area contributed by atoms with Gasteiger partial charge in [-0.25, -0.2) is 4.98 Å². The molecule has 6 heteroatoms. The lowest BCUT2D eigenvalue weighted by Crippen LogP contribution is -2.31. The highest BCUT2D eigenvalue weighted by Crippen LogP contribution is 2.40. The quantitative estimate of drug-likeness (QED) is 0.112. The van der Waals surface area contributed by atoms with E-state index in [4.69, 9.17) is 17.9 Å². The van der Waals surface area contributed by atoms with Crippen molar-refractivity contribution in [1.29, 1.82) is 0 Å². The second-order valence-corrected chi connectivity index (χ2v) is 19.2. The van der Waals surface area contributed by atoms with Gasteiger partial charge in [0.25, 0.3) is 6.33 Å². The SMILES string of the molecule is [2H]c1c([2H])c([2H])c(-c2cccc(-c3c([2H])c([2H])c([2H])c([2H])c3[2H])c2-[n+]2[c-]n(-c3cccc(Oc4ccc5c6ccccc6n(-c6cc(C(C)(C)C)ccn6)c5c4)c3)c3cc(-n4c5c(C)cccc5c5cccc(C)c54)ccc32)c([2H])c1[2H]. The number of fused-ring (bicyclic) bond motifs is 7. The Balaban J connectivity index is 1.07. The van der Waals surface area contributed by atoms with E-state index in [-0.39, 0.29) is 33.4 Å². The fourth-order valence-electron chi connectivity index (χ4n) is 10.4. The van der Waals surface area contributed by atoms with E-state index in [9.17, 15) is 5.48 Å². The monoisotopic (exact) mass is 939 g/mol. The molecular weight excluding hydrogens is 879 g/mol. The van der Waals surface area contributed by atoms with Gasteiger partial charge in [-0.05, 0) is 119 Å². The Bertz CT molecular complexity index is 4670. The molecule has 0 aliphatic heterocycles. The number of aromatic nitrogens is 5. The van der Waals surface area contributed by atoms with E-state index in [1.54, 1.807) is 22.8 Å². The summed E-state index contributed by atoms with van der Waals surface area (Å²) in [5.41, 5.74) is 9.89. The zero-order chi connectivity index (χ0) is 57.4. The molecule has 0 radical (unpaired) electrons. The molecule has 13 aromatic rings. The molecule has 0 saturated heterocycles. The van der Waals surface area contributed by atoms with E-state index < -0.39 is 60.4 Å². The number of para-hydroxylation sites is 4. The first-order valence-corrected chi connectivity index (χ1v) is 23.9. The fraction of sp³-hybridized carbons (Fsp3) is 0.0909. The van der Waals surface area contributed by atoms with Gasteiger partial charge >= 0.3 is 0 Å². The molecular formula is C66H51N5O. The predicted molar refractivity (Wildman–Crippen MR) is 296 cm³/mol. The van der Waals surface area contributed by atoms with Gasteiger partial charge in [-0.15, -0.1) is 0 Å². The summed E-state index contributed by atoms with van der Waals surface area (Å²) < 4.78 is 104. The Labute approximate surface area is 432 Å². The van der Waals surface area contributed by atoms with Crippen molar-refractivity contribution in [2.24, 2.45) is 0 Å². The van der Waals surface area contributed by atoms with Gasteiger partial charge in [0.05, 0.1) is 58.2 Å². The van der Waals surface area contributed by atoms with Crippen LogP contribution in [-0.4, -0.2) is 18.7 Å². The molecule has 0 aliphatic rings. The number of hydrogen-bond acceptors (Lipinski definition) is 2. The summed E-state index contributed by atoms with van der Waals surface area (Å²) in [5, 5.41) is 4.29. The van der Waals surface area contributed by atoms with Gasteiger partial charge in [0, 0.05) is 39.5 Å². The number of ether oxygens (including phenoxy) is 1. The molecule has 4 aromatic heterocycles. The van der Waals surface area contributed by atoms with Crippen LogP contribution < -0.4 is 9.30 Å². The third-order valence-electron chi connectivity index (χ3n) is 13.7. The zero-order valence-corrected chi connectivity index (χ0v) is 40.2. The molecule has 6 nitrogen and oxygen atoms in total. The molecule has 0 aliphatic carbocycles. The normalized spacial score (nSPS) is 13.9. The Morgan fingerprint density at radius 1 is 0.528 bits per heavy atom. The van der Waals surface area contributed by atoms with Crippen molar-refractivity contribution in [3.63, 3.8) is 0 Å². The Morgan fingerprint density at radius 3 is 1.85 bits per heavy atom. The van der Waals surface area contributed by atoms with Crippen LogP contribution in [0.2, 0.25) is 0 Å². The Morgan fingerprint density at radius 2 is 1.15 bits per heavy atom. The third kappa shape index (κ3) is 7.09. The van der Waals surface area contributed by atoms with Crippen LogP contribution >= 0.6 is 0 Å². The van der Waals surface area contributed by atoms with Crippen molar-refractivity contribution in [1.82, 2.24) is 18.7 Å². The molecule has 72 heavy (non-hydrogen) atoms. The topological polar surface area (TPSA) is 40.8 Å². The maximum atomic E-state index is 9.26. The number of benzene rings is 9. The lowest BCUT2D eigenvalue weighted by atomic mass is 9.88. The highest BCUT2D eigenvalue weighted by Gasteiger charge is 2.23. The average molecular weight is 940 g/mol. The first kappa shape index (κ1) is 33.5. The summed E-state index contributed by atoms with van der Waals surface area (Å²) in [5.74, 6) is 1.86. The zero-order valence-electron chi connectivity index (χ0n) is 50.2. The van der Waals surface area contributed by atoms with Gasteiger partial charge in [0.15, 0.2) is 0 Å². The lowest BCUT2D eigenvalue weighted by molar-refractivity contribution is -0.571. The van der Waals surface area contributed by atoms with Crippen molar-refractivity contribution in [2.75, 3.05) is 0 Å². The molecule has 346 valence electrons.